The highest BCUT2D eigenvalue weighted by Gasteiger charge is 2.40. The number of imide groups is 1. The molecule has 70 heavy (non-hydrogen) atoms. The number of ether oxygens (including phenoxy) is 1. The lowest BCUT2D eigenvalue weighted by atomic mass is 9.88. The first-order valence-corrected chi connectivity index (χ1v) is 23.8. The number of likely N-dealkylation sites (tertiary alicyclic amines) is 1. The molecule has 10 rings (SSSR count). The van der Waals surface area contributed by atoms with Crippen LogP contribution in [0.15, 0.2) is 36.9 Å². The summed E-state index contributed by atoms with van der Waals surface area (Å²) in [5, 5.41) is 15.3. The Hall–Kier alpha value is -6.01. The summed E-state index contributed by atoms with van der Waals surface area (Å²) in [6, 6.07) is 3.27. The quantitative estimate of drug-likeness (QED) is 0.0775. The van der Waals surface area contributed by atoms with Gasteiger partial charge in [-0.15, -0.1) is 9.60 Å². The van der Waals surface area contributed by atoms with E-state index in [1.165, 1.54) is 43.2 Å². The van der Waals surface area contributed by atoms with E-state index in [0.717, 1.165) is 49.9 Å². The number of alkyl halides is 4. The summed E-state index contributed by atoms with van der Waals surface area (Å²) < 4.78 is 70.8. The molecule has 3 N–H and O–H groups in total. The smallest absolute Gasteiger partial charge is 0.281 e. The first-order valence-electron chi connectivity index (χ1n) is 23.8. The van der Waals surface area contributed by atoms with Gasteiger partial charge in [0.1, 0.15) is 23.2 Å². The SMILES string of the molecule is CN(C)c1c(N(C=O)C2CCC(=O)NC2=O)ccnc1N1CCN(F)CC1.CNc1cn[nH]c1C(F)F.FC1(F)CCCN(CC2CCCCC2)C1.O=Cc1cnn2ccc(N3CC4CC3CO4)nc12. The molecule has 1 aliphatic carbocycles. The van der Waals surface area contributed by atoms with Crippen LogP contribution in [0, 0.1) is 5.92 Å². The van der Waals surface area contributed by atoms with E-state index in [9.17, 15) is 41.2 Å². The normalized spacial score (nSPS) is 22.6. The number of piperazine rings is 1. The van der Waals surface area contributed by atoms with Gasteiger partial charge in [-0.05, 0) is 56.7 Å². The van der Waals surface area contributed by atoms with Crippen LogP contribution in [0.3, 0.4) is 0 Å². The van der Waals surface area contributed by atoms with Gasteiger partial charge < -0.3 is 29.7 Å². The molecule has 6 fully saturated rings. The molecule has 3 atom stereocenters. The Morgan fingerprint density at radius 3 is 2.40 bits per heavy atom. The number of aromatic amines is 1. The van der Waals surface area contributed by atoms with Gasteiger partial charge in [-0.2, -0.15) is 10.2 Å². The Morgan fingerprint density at radius 2 is 1.79 bits per heavy atom. The Morgan fingerprint density at radius 1 is 1.01 bits per heavy atom. The second-order valence-corrected chi connectivity index (χ2v) is 18.5. The zero-order valence-electron chi connectivity index (χ0n) is 39.8. The molecule has 3 unspecified atom stereocenters. The Bertz CT molecular complexity index is 2380. The lowest BCUT2D eigenvalue weighted by Crippen LogP contribution is -2.52. The topological polar surface area (TPSA) is 193 Å². The van der Waals surface area contributed by atoms with Gasteiger partial charge >= 0.3 is 0 Å². The first kappa shape index (κ1) is 51.8. The third kappa shape index (κ3) is 12.8. The molecule has 3 amide bonds. The number of nitrogens with one attached hydrogen (secondary N) is 3. The maximum Gasteiger partial charge on any atom is 0.281 e. The molecule has 5 saturated heterocycles. The number of carbonyl (C=O) groups is 4. The Labute approximate surface area is 403 Å². The van der Waals surface area contributed by atoms with Gasteiger partial charge in [-0.25, -0.2) is 32.0 Å². The largest absolute Gasteiger partial charge is 0.385 e. The summed E-state index contributed by atoms with van der Waals surface area (Å²) in [5.74, 6) is -1.03. The summed E-state index contributed by atoms with van der Waals surface area (Å²) in [4.78, 5) is 64.9. The van der Waals surface area contributed by atoms with Crippen molar-refractivity contribution in [1.82, 2.24) is 45.1 Å². The van der Waals surface area contributed by atoms with Crippen molar-refractivity contribution in [3.05, 3.63) is 48.2 Å². The molecule has 2 bridgehead atoms. The van der Waals surface area contributed by atoms with Crippen LogP contribution in [0.4, 0.5) is 50.7 Å². The lowest BCUT2D eigenvalue weighted by molar-refractivity contribution is -0.134. The van der Waals surface area contributed by atoms with Crippen LogP contribution in [0.5, 0.6) is 0 Å². The van der Waals surface area contributed by atoms with E-state index in [0.29, 0.717) is 78.1 Å². The summed E-state index contributed by atoms with van der Waals surface area (Å²) in [5.41, 5.74) is 2.51. The van der Waals surface area contributed by atoms with E-state index in [2.05, 4.69) is 40.8 Å². The molecule has 382 valence electrons. The molecule has 0 aromatic carbocycles. The molecule has 5 aliphatic heterocycles. The van der Waals surface area contributed by atoms with Crippen molar-refractivity contribution < 1.29 is 46.0 Å². The number of H-pyrrole nitrogens is 1. The molecular formula is C46H63F5N14O5. The third-order valence-corrected chi connectivity index (χ3v) is 13.4. The van der Waals surface area contributed by atoms with Gasteiger partial charge in [-0.1, -0.05) is 19.3 Å². The highest BCUT2D eigenvalue weighted by molar-refractivity contribution is 6.05. The van der Waals surface area contributed by atoms with Crippen LogP contribution >= 0.6 is 0 Å². The average molecular weight is 987 g/mol. The van der Waals surface area contributed by atoms with Gasteiger partial charge in [0, 0.05) is 85.6 Å². The zero-order valence-corrected chi connectivity index (χ0v) is 39.8. The highest BCUT2D eigenvalue weighted by atomic mass is 19.3. The molecule has 19 nitrogen and oxygen atoms in total. The molecule has 6 aliphatic rings. The fourth-order valence-electron chi connectivity index (χ4n) is 9.84. The summed E-state index contributed by atoms with van der Waals surface area (Å²) >= 11 is 0. The summed E-state index contributed by atoms with van der Waals surface area (Å²) in [7, 11) is 5.21. The van der Waals surface area contributed by atoms with Gasteiger partial charge in [0.05, 0.1) is 54.6 Å². The lowest BCUT2D eigenvalue weighted by Gasteiger charge is -2.36. The molecule has 0 spiro atoms. The molecular weight excluding hydrogens is 924 g/mol. The number of rotatable bonds is 11. The van der Waals surface area contributed by atoms with Crippen molar-refractivity contribution in [2.45, 2.75) is 94.7 Å². The molecule has 24 heteroatoms. The molecule has 4 aromatic rings. The standard InChI is InChI=1S/C17H23FN6O3.C12H21F2N.C12H12N4O2.C5H7F2N3/c1-21(2)15-12(24(11-25)13-3-4-14(26)20-17(13)27)5-6-19-16(15)22-7-9-23(18)10-8-22;13-12(14)7-4-8-15(10-12)9-11-5-2-1-3-6-11;17-6-8-4-13-16-2-1-11(14-12(8)16)15-5-10-3-9(15)7-18-10;1-8-3-2-9-10-4(3)5(6)7/h5-6,11,13H,3-4,7-10H2,1-2H3,(H,20,26,27);11H,1-10H2;1-2,4,6,9-10H,3,5,7H2;2,5,8H,1H3,(H,9,10). The first-order chi connectivity index (χ1) is 33.7. The van der Waals surface area contributed by atoms with Crippen molar-refractivity contribution >= 4 is 58.9 Å². The van der Waals surface area contributed by atoms with Crippen LogP contribution in [-0.2, 0) is 19.1 Å². The van der Waals surface area contributed by atoms with E-state index >= 15 is 0 Å². The van der Waals surface area contributed by atoms with Gasteiger partial charge in [0.2, 0.25) is 18.2 Å². The summed E-state index contributed by atoms with van der Waals surface area (Å²) in [6.45, 7) is 4.92. The molecule has 4 aromatic heterocycles. The van der Waals surface area contributed by atoms with Crippen molar-refractivity contribution in [3.63, 3.8) is 0 Å². The number of piperidine rings is 2. The second kappa shape index (κ2) is 23.7. The van der Waals surface area contributed by atoms with Crippen LogP contribution in [0.2, 0.25) is 0 Å². The van der Waals surface area contributed by atoms with E-state index in [1.54, 1.807) is 30.0 Å². The molecule has 0 radical (unpaired) electrons. The molecule has 1 saturated carbocycles. The highest BCUT2D eigenvalue weighted by Crippen LogP contribution is 2.38. The number of carbonyl (C=O) groups excluding carboxylic acids is 4. The van der Waals surface area contributed by atoms with E-state index in [1.807, 2.05) is 41.1 Å². The number of morpholine rings is 1. The van der Waals surface area contributed by atoms with E-state index in [4.69, 9.17) is 4.74 Å². The number of aromatic nitrogens is 6. The number of halogens is 5. The Kier molecular flexibility index (Phi) is 17.6. The minimum absolute atomic E-state index is 0.00347. The number of nitrogens with zero attached hydrogens (tertiary/aromatic N) is 11. The monoisotopic (exact) mass is 987 g/mol. The average Bonchev–Trinajstić information content (AvgIpc) is 4.19. The van der Waals surface area contributed by atoms with Gasteiger partial charge in [-0.3, -0.25) is 34.5 Å². The third-order valence-electron chi connectivity index (χ3n) is 13.4. The van der Waals surface area contributed by atoms with Gasteiger partial charge in [0.25, 0.3) is 12.3 Å². The number of anilines is 5. The van der Waals surface area contributed by atoms with Crippen LogP contribution in [0.25, 0.3) is 5.65 Å². The van der Waals surface area contributed by atoms with Crippen molar-refractivity contribution in [3.8, 4) is 0 Å². The number of hydrogen-bond acceptors (Lipinski definition) is 15. The number of fused-ring (bicyclic) bond motifs is 3. The van der Waals surface area contributed by atoms with Crippen molar-refractivity contribution in [2.24, 2.45) is 5.92 Å². The Balaban J connectivity index is 0.000000146. The summed E-state index contributed by atoms with van der Waals surface area (Å²) in [6.07, 6.45) is 14.2. The molecule has 9 heterocycles. The van der Waals surface area contributed by atoms with Crippen LogP contribution in [0.1, 0.15) is 86.7 Å². The van der Waals surface area contributed by atoms with E-state index < -0.39 is 24.3 Å². The minimum atomic E-state index is -2.50. The van der Waals surface area contributed by atoms with Crippen LogP contribution < -0.4 is 30.2 Å². The fraction of sp³-hybridized carbons (Fsp3) is 0.609. The van der Waals surface area contributed by atoms with Crippen molar-refractivity contribution in [1.29, 1.82) is 0 Å². The predicted molar refractivity (Wildman–Crippen MR) is 252 cm³/mol. The minimum Gasteiger partial charge on any atom is -0.385 e. The fourth-order valence-corrected chi connectivity index (χ4v) is 9.84. The zero-order chi connectivity index (χ0) is 50.0. The van der Waals surface area contributed by atoms with Crippen LogP contribution in [-0.4, -0.2) is 169 Å². The maximum atomic E-state index is 13.4. The van der Waals surface area contributed by atoms with Gasteiger partial charge in [0.15, 0.2) is 17.8 Å². The predicted octanol–water partition coefficient (Wildman–Crippen LogP) is 5.13. The number of amides is 3. The number of hydrogen-bond donors (Lipinski definition) is 3. The number of aldehydes is 1. The number of pyridine rings is 1. The maximum absolute atomic E-state index is 13.4. The van der Waals surface area contributed by atoms with E-state index in [-0.39, 0.29) is 50.5 Å². The van der Waals surface area contributed by atoms with Crippen molar-refractivity contribution in [2.75, 3.05) is 105 Å². The second-order valence-electron chi connectivity index (χ2n) is 18.5.